The van der Waals surface area contributed by atoms with E-state index in [1.165, 1.54) is 6.07 Å². The molecule has 150 valence electrons. The molecule has 1 aliphatic rings. The molecule has 1 aromatic heterocycles. The number of benzene rings is 1. The summed E-state index contributed by atoms with van der Waals surface area (Å²) in [5, 5.41) is 13.9. The van der Waals surface area contributed by atoms with Crippen LogP contribution in [-0.2, 0) is 6.18 Å². The number of hydrogen-bond acceptors (Lipinski definition) is 6. The number of hydrogen-bond donors (Lipinski definition) is 1. The van der Waals surface area contributed by atoms with Crippen molar-refractivity contribution in [2.24, 2.45) is 0 Å². The number of nitrogens with one attached hydrogen (secondary N) is 1. The normalized spacial score (nSPS) is 15.2. The number of aromatic nitrogens is 2. The van der Waals surface area contributed by atoms with E-state index in [2.05, 4.69) is 15.3 Å². The molecule has 2 heterocycles. The third kappa shape index (κ3) is 4.44. The third-order valence-electron chi connectivity index (χ3n) is 4.43. The van der Waals surface area contributed by atoms with Crippen LogP contribution in [0.2, 0.25) is 5.02 Å². The highest BCUT2D eigenvalue weighted by Gasteiger charge is 2.34. The quantitative estimate of drug-likeness (QED) is 0.547. The summed E-state index contributed by atoms with van der Waals surface area (Å²) in [4.78, 5) is 20.9. The zero-order valence-electron chi connectivity index (χ0n) is 14.7. The van der Waals surface area contributed by atoms with Crippen molar-refractivity contribution in [2.45, 2.75) is 31.9 Å². The largest absolute Gasteiger partial charge is 0.417 e. The lowest BCUT2D eigenvalue weighted by Gasteiger charge is -2.21. The Labute approximate surface area is 163 Å². The molecule has 28 heavy (non-hydrogen) atoms. The predicted octanol–water partition coefficient (Wildman–Crippen LogP) is 5.18. The average Bonchev–Trinajstić information content (AvgIpc) is 2.91. The molecule has 0 bridgehead atoms. The number of alkyl halides is 3. The van der Waals surface area contributed by atoms with E-state index >= 15 is 0 Å². The topological polar surface area (TPSA) is 84.2 Å². The summed E-state index contributed by atoms with van der Waals surface area (Å²) in [6.45, 7) is 1.24. The fourth-order valence-corrected chi connectivity index (χ4v) is 3.32. The van der Waals surface area contributed by atoms with Gasteiger partial charge in [-0.2, -0.15) is 13.2 Å². The van der Waals surface area contributed by atoms with Gasteiger partial charge in [0.25, 0.3) is 0 Å². The lowest BCUT2D eigenvalue weighted by atomic mass is 10.2. The molecule has 1 saturated heterocycles. The van der Waals surface area contributed by atoms with Crippen LogP contribution in [0, 0.1) is 10.1 Å². The minimum Gasteiger partial charge on any atom is -0.351 e. The Kier molecular flexibility index (Phi) is 5.87. The van der Waals surface area contributed by atoms with Gasteiger partial charge < -0.3 is 10.2 Å². The molecule has 0 aliphatic carbocycles. The Morgan fingerprint density at radius 2 is 1.82 bits per heavy atom. The first-order valence-electron chi connectivity index (χ1n) is 8.65. The van der Waals surface area contributed by atoms with Gasteiger partial charge in [-0.25, -0.2) is 9.97 Å². The summed E-state index contributed by atoms with van der Waals surface area (Å²) < 4.78 is 39.2. The van der Waals surface area contributed by atoms with Gasteiger partial charge >= 0.3 is 11.9 Å². The van der Waals surface area contributed by atoms with Gasteiger partial charge in [0.1, 0.15) is 6.33 Å². The zero-order valence-corrected chi connectivity index (χ0v) is 15.4. The highest BCUT2D eigenvalue weighted by Crippen LogP contribution is 2.38. The first-order valence-corrected chi connectivity index (χ1v) is 9.03. The van der Waals surface area contributed by atoms with Crippen LogP contribution in [-0.4, -0.2) is 28.0 Å². The van der Waals surface area contributed by atoms with Crippen molar-refractivity contribution < 1.29 is 18.1 Å². The highest BCUT2D eigenvalue weighted by molar-refractivity contribution is 6.31. The second-order valence-corrected chi connectivity index (χ2v) is 6.78. The van der Waals surface area contributed by atoms with Gasteiger partial charge in [-0.05, 0) is 31.0 Å². The number of nitrogens with zero attached hydrogens (tertiary/aromatic N) is 4. The van der Waals surface area contributed by atoms with Crippen LogP contribution in [0.25, 0.3) is 0 Å². The second-order valence-electron chi connectivity index (χ2n) is 6.37. The Morgan fingerprint density at radius 3 is 2.43 bits per heavy atom. The molecule has 0 spiro atoms. The average molecular weight is 416 g/mol. The molecular weight excluding hydrogens is 399 g/mol. The standard InChI is InChI=1S/C17H17ClF3N5O2/c18-13-6-5-11(9-12(13)17(19,20)21)24-15-14(26(27)28)16(23-10-22-15)25-7-3-1-2-4-8-25/h5-6,9-10H,1-4,7-8H2,(H,22,23,24). The Balaban J connectivity index is 1.99. The molecular formula is C17H17ClF3N5O2. The molecule has 1 fully saturated rings. The molecule has 3 rings (SSSR count). The lowest BCUT2D eigenvalue weighted by Crippen LogP contribution is -2.26. The minimum atomic E-state index is -4.65. The first-order chi connectivity index (χ1) is 13.3. The molecule has 0 amide bonds. The molecule has 0 radical (unpaired) electrons. The van der Waals surface area contributed by atoms with Gasteiger partial charge in [0.15, 0.2) is 0 Å². The van der Waals surface area contributed by atoms with Crippen molar-refractivity contribution in [2.75, 3.05) is 23.3 Å². The van der Waals surface area contributed by atoms with Crippen molar-refractivity contribution >= 4 is 34.6 Å². The van der Waals surface area contributed by atoms with E-state index in [1.54, 1.807) is 0 Å². The summed E-state index contributed by atoms with van der Waals surface area (Å²) in [6, 6.07) is 3.17. The van der Waals surface area contributed by atoms with Crippen LogP contribution in [0.1, 0.15) is 31.2 Å². The SMILES string of the molecule is O=[N+]([O-])c1c(Nc2ccc(Cl)c(C(F)(F)F)c2)ncnc1N1CCCCCC1. The van der Waals surface area contributed by atoms with E-state index in [0.717, 1.165) is 44.1 Å². The lowest BCUT2D eigenvalue weighted by molar-refractivity contribution is -0.383. The van der Waals surface area contributed by atoms with Crippen molar-refractivity contribution in [3.63, 3.8) is 0 Å². The maximum absolute atomic E-state index is 13.1. The fraction of sp³-hybridized carbons (Fsp3) is 0.412. The van der Waals surface area contributed by atoms with Crippen molar-refractivity contribution in [1.82, 2.24) is 9.97 Å². The third-order valence-corrected chi connectivity index (χ3v) is 4.76. The summed E-state index contributed by atoms with van der Waals surface area (Å²) in [7, 11) is 0. The van der Waals surface area contributed by atoms with Crippen LogP contribution in [0.15, 0.2) is 24.5 Å². The van der Waals surface area contributed by atoms with Crippen LogP contribution >= 0.6 is 11.6 Å². The van der Waals surface area contributed by atoms with Crippen molar-refractivity contribution in [1.29, 1.82) is 0 Å². The van der Waals surface area contributed by atoms with Crippen molar-refractivity contribution in [3.05, 3.63) is 45.2 Å². The smallest absolute Gasteiger partial charge is 0.351 e. The molecule has 7 nitrogen and oxygen atoms in total. The maximum Gasteiger partial charge on any atom is 0.417 e. The monoisotopic (exact) mass is 415 g/mol. The van der Waals surface area contributed by atoms with E-state index in [4.69, 9.17) is 11.6 Å². The van der Waals surface area contributed by atoms with Gasteiger partial charge in [0, 0.05) is 18.8 Å². The predicted molar refractivity (Wildman–Crippen MR) is 99.1 cm³/mol. The fourth-order valence-electron chi connectivity index (χ4n) is 3.10. The molecule has 11 heteroatoms. The highest BCUT2D eigenvalue weighted by atomic mass is 35.5. The second kappa shape index (κ2) is 8.17. The van der Waals surface area contributed by atoms with Gasteiger partial charge in [0.05, 0.1) is 15.5 Å². The Hall–Kier alpha value is -2.62. The number of anilines is 3. The number of halogens is 4. The molecule has 2 aromatic rings. The van der Waals surface area contributed by atoms with E-state index in [-0.39, 0.29) is 23.0 Å². The van der Waals surface area contributed by atoms with Gasteiger partial charge in [-0.15, -0.1) is 0 Å². The van der Waals surface area contributed by atoms with Crippen LogP contribution in [0.5, 0.6) is 0 Å². The molecule has 0 atom stereocenters. The number of rotatable bonds is 4. The Morgan fingerprint density at radius 1 is 1.14 bits per heavy atom. The van der Waals surface area contributed by atoms with Crippen LogP contribution in [0.3, 0.4) is 0 Å². The molecule has 1 aromatic carbocycles. The van der Waals surface area contributed by atoms with Crippen LogP contribution < -0.4 is 10.2 Å². The number of nitro groups is 1. The molecule has 0 saturated carbocycles. The summed E-state index contributed by atoms with van der Waals surface area (Å²) >= 11 is 5.62. The van der Waals surface area contributed by atoms with Gasteiger partial charge in [-0.3, -0.25) is 10.1 Å². The first kappa shape index (κ1) is 20.1. The molecule has 0 unspecified atom stereocenters. The van der Waals surface area contributed by atoms with Crippen LogP contribution in [0.4, 0.5) is 36.2 Å². The summed E-state index contributed by atoms with van der Waals surface area (Å²) in [5.41, 5.74) is -1.42. The van der Waals surface area contributed by atoms with E-state index < -0.39 is 21.7 Å². The summed E-state index contributed by atoms with van der Waals surface area (Å²) in [6.07, 6.45) is 0.350. The maximum atomic E-state index is 13.1. The molecule has 1 aliphatic heterocycles. The van der Waals surface area contributed by atoms with Gasteiger partial charge in [-0.1, -0.05) is 24.4 Å². The van der Waals surface area contributed by atoms with Gasteiger partial charge in [0.2, 0.25) is 11.6 Å². The molecule has 1 N–H and O–H groups in total. The minimum absolute atomic E-state index is 0.0136. The van der Waals surface area contributed by atoms with E-state index in [9.17, 15) is 23.3 Å². The Bertz CT molecular complexity index is 870. The summed E-state index contributed by atoms with van der Waals surface area (Å²) in [5.74, 6) is -0.0101. The van der Waals surface area contributed by atoms with Crippen molar-refractivity contribution in [3.8, 4) is 0 Å². The zero-order chi connectivity index (χ0) is 20.3. The van der Waals surface area contributed by atoms with E-state index in [0.29, 0.717) is 13.1 Å². The van der Waals surface area contributed by atoms with E-state index in [1.807, 2.05) is 4.90 Å².